The van der Waals surface area contributed by atoms with Gasteiger partial charge in [-0.1, -0.05) is 17.7 Å². The largest absolute Gasteiger partial charge is 0.399 e. The van der Waals surface area contributed by atoms with Gasteiger partial charge in [-0.15, -0.1) is 0 Å². The molecule has 0 aliphatic rings. The van der Waals surface area contributed by atoms with Gasteiger partial charge in [-0.3, -0.25) is 0 Å². The second-order valence-corrected chi connectivity index (χ2v) is 5.55. The van der Waals surface area contributed by atoms with Crippen molar-refractivity contribution in [1.82, 2.24) is 0 Å². The first kappa shape index (κ1) is 14.7. The van der Waals surface area contributed by atoms with Gasteiger partial charge in [0.15, 0.2) is 0 Å². The molecule has 2 amide bonds. The van der Waals surface area contributed by atoms with Crippen LogP contribution in [-0.4, -0.2) is 6.03 Å². The number of aryl methyl sites for hydroxylation is 1. The van der Waals surface area contributed by atoms with E-state index in [1.807, 2.05) is 13.0 Å². The molecule has 4 N–H and O–H groups in total. The fourth-order valence-electron chi connectivity index (χ4n) is 1.64. The zero-order chi connectivity index (χ0) is 14.7. The average Bonchev–Trinajstić information content (AvgIpc) is 2.36. The molecule has 2 rings (SSSR count). The quantitative estimate of drug-likeness (QED) is 0.688. The number of carbonyl (C=O) groups excluding carboxylic acids is 1. The van der Waals surface area contributed by atoms with Crippen molar-refractivity contribution < 1.29 is 4.79 Å². The zero-order valence-electron chi connectivity index (χ0n) is 10.7. The molecule has 6 heteroatoms. The van der Waals surface area contributed by atoms with Gasteiger partial charge in [-0.05, 0) is 58.7 Å². The molecule has 20 heavy (non-hydrogen) atoms. The minimum atomic E-state index is -0.365. The van der Waals surface area contributed by atoms with Crippen molar-refractivity contribution in [2.24, 2.45) is 0 Å². The SMILES string of the molecule is Cc1cc(Br)c(NC(=O)Nc2cccc(N)c2)cc1Cl. The Morgan fingerprint density at radius 3 is 2.70 bits per heavy atom. The molecule has 104 valence electrons. The van der Waals surface area contributed by atoms with Crippen molar-refractivity contribution in [3.63, 3.8) is 0 Å². The number of halogens is 2. The maximum absolute atomic E-state index is 11.9. The molecule has 0 heterocycles. The van der Waals surface area contributed by atoms with E-state index in [9.17, 15) is 4.79 Å². The summed E-state index contributed by atoms with van der Waals surface area (Å²) in [7, 11) is 0. The smallest absolute Gasteiger partial charge is 0.323 e. The summed E-state index contributed by atoms with van der Waals surface area (Å²) in [5.74, 6) is 0. The van der Waals surface area contributed by atoms with Crippen molar-refractivity contribution in [3.8, 4) is 0 Å². The number of benzene rings is 2. The Morgan fingerprint density at radius 1 is 1.25 bits per heavy atom. The van der Waals surface area contributed by atoms with Gasteiger partial charge in [0, 0.05) is 20.9 Å². The number of carbonyl (C=O) groups is 1. The maximum Gasteiger partial charge on any atom is 0.323 e. The van der Waals surface area contributed by atoms with Crippen molar-refractivity contribution in [2.75, 3.05) is 16.4 Å². The number of urea groups is 1. The lowest BCUT2D eigenvalue weighted by atomic mass is 10.2. The molecule has 0 saturated carbocycles. The minimum Gasteiger partial charge on any atom is -0.399 e. The van der Waals surface area contributed by atoms with Crippen LogP contribution in [0, 0.1) is 6.92 Å². The van der Waals surface area contributed by atoms with Crippen LogP contribution in [0.25, 0.3) is 0 Å². The lowest BCUT2D eigenvalue weighted by molar-refractivity contribution is 0.262. The van der Waals surface area contributed by atoms with Crippen molar-refractivity contribution in [1.29, 1.82) is 0 Å². The fourth-order valence-corrected chi connectivity index (χ4v) is 2.36. The molecule has 0 aromatic heterocycles. The Hall–Kier alpha value is -1.72. The van der Waals surface area contributed by atoms with Crippen LogP contribution in [0.15, 0.2) is 40.9 Å². The Kier molecular flexibility index (Phi) is 4.52. The molecule has 0 unspecified atom stereocenters. The zero-order valence-corrected chi connectivity index (χ0v) is 13.0. The van der Waals surface area contributed by atoms with Crippen LogP contribution in [0.5, 0.6) is 0 Å². The van der Waals surface area contributed by atoms with Crippen LogP contribution in [0.1, 0.15) is 5.56 Å². The maximum atomic E-state index is 11.9. The van der Waals surface area contributed by atoms with E-state index >= 15 is 0 Å². The molecule has 0 atom stereocenters. The molecule has 0 aliphatic carbocycles. The lowest BCUT2D eigenvalue weighted by Gasteiger charge is -2.11. The third-order valence-electron chi connectivity index (χ3n) is 2.64. The molecule has 0 aliphatic heterocycles. The van der Waals surface area contributed by atoms with Crippen LogP contribution >= 0.6 is 27.5 Å². The van der Waals surface area contributed by atoms with E-state index in [0.29, 0.717) is 22.1 Å². The fraction of sp³-hybridized carbons (Fsp3) is 0.0714. The van der Waals surface area contributed by atoms with Crippen LogP contribution in [0.2, 0.25) is 5.02 Å². The Labute approximate surface area is 130 Å². The highest BCUT2D eigenvalue weighted by Gasteiger charge is 2.08. The molecule has 0 fully saturated rings. The highest BCUT2D eigenvalue weighted by Crippen LogP contribution is 2.29. The van der Waals surface area contributed by atoms with Gasteiger partial charge < -0.3 is 16.4 Å². The number of anilines is 3. The van der Waals surface area contributed by atoms with Crippen molar-refractivity contribution in [3.05, 3.63) is 51.5 Å². The molecule has 0 radical (unpaired) electrons. The summed E-state index contributed by atoms with van der Waals surface area (Å²) in [4.78, 5) is 11.9. The molecule has 2 aromatic rings. The van der Waals surface area contributed by atoms with E-state index in [0.717, 1.165) is 10.0 Å². The summed E-state index contributed by atoms with van der Waals surface area (Å²) >= 11 is 9.43. The Balaban J connectivity index is 2.10. The topological polar surface area (TPSA) is 67.2 Å². The molecular formula is C14H13BrClN3O. The third kappa shape index (κ3) is 3.65. The minimum absolute atomic E-state index is 0.365. The van der Waals surface area contributed by atoms with Gasteiger partial charge in [0.1, 0.15) is 0 Å². The molecule has 2 aromatic carbocycles. The van der Waals surface area contributed by atoms with Crippen LogP contribution < -0.4 is 16.4 Å². The van der Waals surface area contributed by atoms with E-state index in [1.54, 1.807) is 30.3 Å². The predicted molar refractivity (Wildman–Crippen MR) is 87.4 cm³/mol. The van der Waals surface area contributed by atoms with E-state index < -0.39 is 0 Å². The summed E-state index contributed by atoms with van der Waals surface area (Å²) in [6.45, 7) is 1.89. The Bertz CT molecular complexity index is 661. The highest BCUT2D eigenvalue weighted by atomic mass is 79.9. The standard InChI is InChI=1S/C14H13BrClN3O/c1-8-5-11(15)13(7-12(8)16)19-14(20)18-10-4-2-3-9(17)6-10/h2-7H,17H2,1H3,(H2,18,19,20). The molecular weight excluding hydrogens is 342 g/mol. The molecule has 0 saturated heterocycles. The average molecular weight is 355 g/mol. The van der Waals surface area contributed by atoms with E-state index in [2.05, 4.69) is 26.6 Å². The van der Waals surface area contributed by atoms with E-state index in [1.165, 1.54) is 0 Å². The number of amides is 2. The van der Waals surface area contributed by atoms with Crippen molar-refractivity contribution in [2.45, 2.75) is 6.92 Å². The van der Waals surface area contributed by atoms with Gasteiger partial charge in [0.05, 0.1) is 5.69 Å². The van der Waals surface area contributed by atoms with E-state index in [-0.39, 0.29) is 6.03 Å². The Morgan fingerprint density at radius 2 is 2.00 bits per heavy atom. The van der Waals surface area contributed by atoms with Crippen LogP contribution in [-0.2, 0) is 0 Å². The summed E-state index contributed by atoms with van der Waals surface area (Å²) in [5.41, 5.74) is 8.39. The van der Waals surface area contributed by atoms with Gasteiger partial charge in [0.25, 0.3) is 0 Å². The number of hydrogen-bond acceptors (Lipinski definition) is 2. The first-order chi connectivity index (χ1) is 9.45. The molecule has 0 spiro atoms. The summed E-state index contributed by atoms with van der Waals surface area (Å²) in [6.07, 6.45) is 0. The number of nitrogen functional groups attached to an aromatic ring is 1. The highest BCUT2D eigenvalue weighted by molar-refractivity contribution is 9.10. The summed E-state index contributed by atoms with van der Waals surface area (Å²) in [5, 5.41) is 6.01. The summed E-state index contributed by atoms with van der Waals surface area (Å²) in [6, 6.07) is 10.1. The number of nitrogens with two attached hydrogens (primary N) is 1. The monoisotopic (exact) mass is 353 g/mol. The van der Waals surface area contributed by atoms with Gasteiger partial charge in [0.2, 0.25) is 0 Å². The van der Waals surface area contributed by atoms with Crippen LogP contribution in [0.4, 0.5) is 21.9 Å². The van der Waals surface area contributed by atoms with Crippen molar-refractivity contribution >= 4 is 50.6 Å². The first-order valence-electron chi connectivity index (χ1n) is 5.85. The molecule has 0 bridgehead atoms. The second-order valence-electron chi connectivity index (χ2n) is 4.29. The van der Waals surface area contributed by atoms with Crippen LogP contribution in [0.3, 0.4) is 0 Å². The second kappa shape index (κ2) is 6.15. The van der Waals surface area contributed by atoms with Gasteiger partial charge in [-0.25, -0.2) is 4.79 Å². The number of nitrogens with one attached hydrogen (secondary N) is 2. The first-order valence-corrected chi connectivity index (χ1v) is 7.02. The lowest BCUT2D eigenvalue weighted by Crippen LogP contribution is -2.19. The van der Waals surface area contributed by atoms with Gasteiger partial charge in [-0.2, -0.15) is 0 Å². The molecule has 4 nitrogen and oxygen atoms in total. The van der Waals surface area contributed by atoms with Gasteiger partial charge >= 0.3 is 6.03 Å². The third-order valence-corrected chi connectivity index (χ3v) is 3.70. The number of rotatable bonds is 2. The summed E-state index contributed by atoms with van der Waals surface area (Å²) < 4.78 is 0.766. The van der Waals surface area contributed by atoms with E-state index in [4.69, 9.17) is 17.3 Å². The normalized spacial score (nSPS) is 10.2. The number of hydrogen-bond donors (Lipinski definition) is 3. The predicted octanol–water partition coefficient (Wildman–Crippen LogP) is 4.64.